The van der Waals surface area contributed by atoms with Gasteiger partial charge in [-0.3, -0.25) is 14.2 Å². The van der Waals surface area contributed by atoms with Gasteiger partial charge >= 0.3 is 0 Å². The summed E-state index contributed by atoms with van der Waals surface area (Å²) in [5.74, 6) is 0.545. The highest BCUT2D eigenvalue weighted by Crippen LogP contribution is 2.13. The zero-order valence-electron chi connectivity index (χ0n) is 16.7. The summed E-state index contributed by atoms with van der Waals surface area (Å²) in [6, 6.07) is 11.3. The smallest absolute Gasteiger partial charge is 0.264 e. The summed E-state index contributed by atoms with van der Waals surface area (Å²) in [6.07, 6.45) is 6.32. The van der Waals surface area contributed by atoms with Crippen LogP contribution < -0.4 is 10.5 Å². The largest absolute Gasteiger partial charge is 0.338 e. The van der Waals surface area contributed by atoms with Crippen LogP contribution in [0.5, 0.6) is 0 Å². The zero-order valence-corrected chi connectivity index (χ0v) is 16.7. The molecule has 1 aliphatic rings. The van der Waals surface area contributed by atoms with Crippen LogP contribution in [0, 0.1) is 0 Å². The standard InChI is InChI=1S/C21H20N8O2/c30-18(26-9-11-27(12-10-26)21-22-7-4-8-23-21)14-28-15-24-19-17(20(28)31)13-25-29(19)16-5-2-1-3-6-16/h1-8,13,15H,9-12,14H2. The van der Waals surface area contributed by atoms with Crippen molar-refractivity contribution < 1.29 is 4.79 Å². The van der Waals surface area contributed by atoms with Gasteiger partial charge < -0.3 is 9.80 Å². The van der Waals surface area contributed by atoms with Crippen LogP contribution in [0.15, 0.2) is 66.1 Å². The molecule has 31 heavy (non-hydrogen) atoms. The minimum atomic E-state index is -0.281. The number of hydrogen-bond donors (Lipinski definition) is 0. The number of fused-ring (bicyclic) bond motifs is 1. The molecule has 10 nitrogen and oxygen atoms in total. The molecule has 4 aromatic rings. The minimum absolute atomic E-state index is 0.0554. The fourth-order valence-electron chi connectivity index (χ4n) is 3.68. The number of amides is 1. The van der Waals surface area contributed by atoms with Crippen LogP contribution >= 0.6 is 0 Å². The fraction of sp³-hybridized carbons (Fsp3) is 0.238. The predicted octanol–water partition coefficient (Wildman–Crippen LogP) is 0.721. The maximum Gasteiger partial charge on any atom is 0.264 e. The van der Waals surface area contributed by atoms with Crippen molar-refractivity contribution in [2.45, 2.75) is 6.54 Å². The van der Waals surface area contributed by atoms with E-state index in [1.807, 2.05) is 35.2 Å². The number of carbonyl (C=O) groups is 1. The Morgan fingerprint density at radius 2 is 1.68 bits per heavy atom. The van der Waals surface area contributed by atoms with Crippen molar-refractivity contribution in [1.82, 2.24) is 34.2 Å². The Morgan fingerprint density at radius 1 is 0.935 bits per heavy atom. The van der Waals surface area contributed by atoms with E-state index in [1.165, 1.54) is 17.1 Å². The van der Waals surface area contributed by atoms with Gasteiger partial charge in [-0.2, -0.15) is 5.10 Å². The Balaban J connectivity index is 1.30. The first-order chi connectivity index (χ1) is 15.2. The van der Waals surface area contributed by atoms with E-state index >= 15 is 0 Å². The van der Waals surface area contributed by atoms with Crippen LogP contribution in [0.1, 0.15) is 0 Å². The third kappa shape index (κ3) is 3.63. The monoisotopic (exact) mass is 416 g/mol. The molecule has 10 heteroatoms. The summed E-state index contributed by atoms with van der Waals surface area (Å²) in [7, 11) is 0. The third-order valence-corrected chi connectivity index (χ3v) is 5.33. The number of aromatic nitrogens is 6. The summed E-state index contributed by atoms with van der Waals surface area (Å²) in [6.45, 7) is 2.33. The number of piperazine rings is 1. The lowest BCUT2D eigenvalue weighted by molar-refractivity contribution is -0.132. The Bertz CT molecular complexity index is 1260. The molecule has 0 atom stereocenters. The van der Waals surface area contributed by atoms with Gasteiger partial charge in [0, 0.05) is 38.6 Å². The summed E-state index contributed by atoms with van der Waals surface area (Å²) in [5, 5.41) is 4.68. The Labute approximate surface area is 177 Å². The molecule has 156 valence electrons. The van der Waals surface area contributed by atoms with E-state index in [9.17, 15) is 9.59 Å². The minimum Gasteiger partial charge on any atom is -0.338 e. The lowest BCUT2D eigenvalue weighted by atomic mass is 10.3. The summed E-state index contributed by atoms with van der Waals surface area (Å²) in [4.78, 5) is 42.4. The van der Waals surface area contributed by atoms with Crippen molar-refractivity contribution in [1.29, 1.82) is 0 Å². The van der Waals surface area contributed by atoms with Gasteiger partial charge in [0.15, 0.2) is 5.65 Å². The molecule has 0 unspecified atom stereocenters. The van der Waals surface area contributed by atoms with Crippen molar-refractivity contribution in [3.8, 4) is 5.69 Å². The number of rotatable bonds is 4. The Morgan fingerprint density at radius 3 is 2.42 bits per heavy atom. The van der Waals surface area contributed by atoms with E-state index < -0.39 is 0 Å². The number of nitrogens with zero attached hydrogens (tertiary/aromatic N) is 8. The molecule has 4 heterocycles. The highest BCUT2D eigenvalue weighted by Gasteiger charge is 2.23. The molecule has 1 aromatic carbocycles. The van der Waals surface area contributed by atoms with Crippen molar-refractivity contribution >= 4 is 22.9 Å². The van der Waals surface area contributed by atoms with Crippen molar-refractivity contribution in [3.05, 3.63) is 71.7 Å². The van der Waals surface area contributed by atoms with E-state index in [0.29, 0.717) is 43.2 Å². The topological polar surface area (TPSA) is 102 Å². The second-order valence-electron chi connectivity index (χ2n) is 7.22. The second kappa shape index (κ2) is 7.98. The number of carbonyl (C=O) groups excluding carboxylic acids is 1. The molecule has 0 aliphatic carbocycles. The summed E-state index contributed by atoms with van der Waals surface area (Å²) < 4.78 is 2.96. The van der Waals surface area contributed by atoms with Crippen LogP contribution in [0.3, 0.4) is 0 Å². The average molecular weight is 416 g/mol. The van der Waals surface area contributed by atoms with Crippen LogP contribution in [-0.2, 0) is 11.3 Å². The molecule has 0 radical (unpaired) electrons. The SMILES string of the molecule is O=C(Cn1cnc2c(cnn2-c2ccccc2)c1=O)N1CCN(c2ncccn2)CC1. The molecule has 1 fully saturated rings. The molecule has 1 aliphatic heterocycles. The van der Waals surface area contributed by atoms with E-state index in [0.717, 1.165) is 5.69 Å². The van der Waals surface area contributed by atoms with Crippen molar-refractivity contribution in [2.75, 3.05) is 31.1 Å². The van der Waals surface area contributed by atoms with Gasteiger partial charge in [0.1, 0.15) is 18.3 Å². The van der Waals surface area contributed by atoms with Crippen LogP contribution in [0.25, 0.3) is 16.7 Å². The third-order valence-electron chi connectivity index (χ3n) is 5.33. The van der Waals surface area contributed by atoms with E-state index in [-0.39, 0.29) is 18.0 Å². The Kier molecular flexibility index (Phi) is 4.87. The molecule has 1 amide bonds. The number of hydrogen-bond acceptors (Lipinski definition) is 7. The van der Waals surface area contributed by atoms with Gasteiger partial charge in [0.2, 0.25) is 11.9 Å². The van der Waals surface area contributed by atoms with Gasteiger partial charge in [-0.05, 0) is 18.2 Å². The maximum atomic E-state index is 12.9. The molecule has 5 rings (SSSR count). The lowest BCUT2D eigenvalue weighted by Gasteiger charge is -2.34. The lowest BCUT2D eigenvalue weighted by Crippen LogP contribution is -2.50. The fourth-order valence-corrected chi connectivity index (χ4v) is 3.68. The van der Waals surface area contributed by atoms with Gasteiger partial charge in [0.25, 0.3) is 5.56 Å². The van der Waals surface area contributed by atoms with Crippen LogP contribution in [0.2, 0.25) is 0 Å². The number of anilines is 1. The average Bonchev–Trinajstić information content (AvgIpc) is 3.27. The number of para-hydroxylation sites is 1. The molecule has 0 bridgehead atoms. The van der Waals surface area contributed by atoms with E-state index in [2.05, 4.69) is 20.1 Å². The Hall–Kier alpha value is -4.08. The van der Waals surface area contributed by atoms with Gasteiger partial charge in [-0.1, -0.05) is 18.2 Å². The van der Waals surface area contributed by atoms with E-state index in [1.54, 1.807) is 28.0 Å². The molecular weight excluding hydrogens is 396 g/mol. The summed E-state index contributed by atoms with van der Waals surface area (Å²) in [5.41, 5.74) is 1.01. The molecule has 3 aromatic heterocycles. The van der Waals surface area contributed by atoms with Gasteiger partial charge in [-0.15, -0.1) is 0 Å². The quantitative estimate of drug-likeness (QED) is 0.483. The van der Waals surface area contributed by atoms with Gasteiger partial charge in [-0.25, -0.2) is 19.6 Å². The van der Waals surface area contributed by atoms with Crippen LogP contribution in [-0.4, -0.2) is 66.3 Å². The van der Waals surface area contributed by atoms with Crippen LogP contribution in [0.4, 0.5) is 5.95 Å². The van der Waals surface area contributed by atoms with Crippen molar-refractivity contribution in [3.63, 3.8) is 0 Å². The molecule has 1 saturated heterocycles. The predicted molar refractivity (Wildman–Crippen MR) is 114 cm³/mol. The normalized spacial score (nSPS) is 14.2. The zero-order chi connectivity index (χ0) is 21.2. The highest BCUT2D eigenvalue weighted by atomic mass is 16.2. The first-order valence-corrected chi connectivity index (χ1v) is 9.99. The summed E-state index contributed by atoms with van der Waals surface area (Å²) >= 11 is 0. The maximum absolute atomic E-state index is 12.9. The first kappa shape index (κ1) is 18.9. The molecule has 0 saturated carbocycles. The first-order valence-electron chi connectivity index (χ1n) is 9.99. The molecular formula is C21H20N8O2. The number of benzene rings is 1. The second-order valence-corrected chi connectivity index (χ2v) is 7.22. The van der Waals surface area contributed by atoms with E-state index in [4.69, 9.17) is 0 Å². The highest BCUT2D eigenvalue weighted by molar-refractivity contribution is 5.78. The molecule has 0 N–H and O–H groups in total. The molecule has 0 spiro atoms. The van der Waals surface area contributed by atoms with Crippen molar-refractivity contribution in [2.24, 2.45) is 0 Å². The van der Waals surface area contributed by atoms with Gasteiger partial charge in [0.05, 0.1) is 11.9 Å².